The second-order valence-electron chi connectivity index (χ2n) is 9.70. The highest BCUT2D eigenvalue weighted by molar-refractivity contribution is 5.86. The van der Waals surface area contributed by atoms with Gasteiger partial charge in [-0.05, 0) is 29.2 Å². The van der Waals surface area contributed by atoms with Crippen LogP contribution in [-0.2, 0) is 29.0 Å². The predicted octanol–water partition coefficient (Wildman–Crippen LogP) is 4.03. The quantitative estimate of drug-likeness (QED) is 0.175. The Hall–Kier alpha value is -5.40. The van der Waals surface area contributed by atoms with Gasteiger partial charge in [-0.1, -0.05) is 84.9 Å². The number of carbonyl (C=O) groups is 5. The van der Waals surface area contributed by atoms with Crippen LogP contribution in [0.5, 0.6) is 0 Å². The molecule has 3 rings (SSSR count). The molecule has 45 heavy (non-hydrogen) atoms. The van der Waals surface area contributed by atoms with Gasteiger partial charge in [-0.3, -0.25) is 9.59 Å². The van der Waals surface area contributed by atoms with Gasteiger partial charge in [-0.25, -0.2) is 24.2 Å². The van der Waals surface area contributed by atoms with Gasteiger partial charge < -0.3 is 21.3 Å². The van der Waals surface area contributed by atoms with Crippen molar-refractivity contribution in [3.05, 3.63) is 96.1 Å². The molecule has 14 heteroatoms. The highest BCUT2D eigenvalue weighted by atomic mass is 19.4. The SMILES string of the molecule is C[C@H](NC(=O)NCCC(=O)NCC(=O)NC(CC(=O)OOC(=O)C(F)(F)F)c1ccc(-c2ccccc2)cc1)c1ccccc1. The molecular weight excluding hydrogens is 597 g/mol. The lowest BCUT2D eigenvalue weighted by molar-refractivity contribution is -0.286. The minimum atomic E-state index is -5.38. The molecule has 0 aliphatic rings. The first kappa shape index (κ1) is 34.1. The highest BCUT2D eigenvalue weighted by Gasteiger charge is 2.43. The second kappa shape index (κ2) is 16.4. The molecule has 3 aromatic rings. The van der Waals surface area contributed by atoms with E-state index < -0.39 is 55.0 Å². The Morgan fingerprint density at radius 3 is 1.93 bits per heavy atom. The fraction of sp³-hybridized carbons (Fsp3) is 0.258. The van der Waals surface area contributed by atoms with Crippen LogP contribution in [0, 0.1) is 0 Å². The summed E-state index contributed by atoms with van der Waals surface area (Å²) in [7, 11) is 0. The fourth-order valence-corrected chi connectivity index (χ4v) is 4.00. The molecule has 0 aromatic heterocycles. The number of amides is 4. The first-order valence-corrected chi connectivity index (χ1v) is 13.7. The largest absolute Gasteiger partial charge is 0.495 e. The summed E-state index contributed by atoms with van der Waals surface area (Å²) in [4.78, 5) is 67.6. The summed E-state index contributed by atoms with van der Waals surface area (Å²) < 4.78 is 37.1. The lowest BCUT2D eigenvalue weighted by Crippen LogP contribution is -2.41. The lowest BCUT2D eigenvalue weighted by atomic mass is 9.99. The third-order valence-electron chi connectivity index (χ3n) is 6.30. The fourth-order valence-electron chi connectivity index (χ4n) is 4.00. The van der Waals surface area contributed by atoms with Crippen LogP contribution < -0.4 is 21.3 Å². The molecule has 0 fully saturated rings. The maximum absolute atomic E-state index is 12.6. The van der Waals surface area contributed by atoms with Crippen molar-refractivity contribution in [2.45, 2.75) is 38.0 Å². The molecule has 2 atom stereocenters. The van der Waals surface area contributed by atoms with Gasteiger partial charge in [0.2, 0.25) is 11.8 Å². The Bertz CT molecular complexity index is 1450. The molecule has 0 saturated carbocycles. The number of hydrogen-bond donors (Lipinski definition) is 4. The van der Waals surface area contributed by atoms with Gasteiger partial charge in [0.1, 0.15) is 0 Å². The van der Waals surface area contributed by atoms with Crippen molar-refractivity contribution >= 4 is 29.8 Å². The van der Waals surface area contributed by atoms with Gasteiger partial charge >= 0.3 is 24.1 Å². The number of carbonyl (C=O) groups excluding carboxylic acids is 5. The molecule has 4 amide bonds. The summed E-state index contributed by atoms with van der Waals surface area (Å²) in [6, 6.07) is 23.3. The van der Waals surface area contributed by atoms with E-state index in [0.29, 0.717) is 5.56 Å². The first-order chi connectivity index (χ1) is 21.4. The van der Waals surface area contributed by atoms with Crippen molar-refractivity contribution in [3.8, 4) is 11.1 Å². The van der Waals surface area contributed by atoms with Gasteiger partial charge in [0.15, 0.2) is 0 Å². The van der Waals surface area contributed by atoms with Gasteiger partial charge in [-0.2, -0.15) is 13.2 Å². The van der Waals surface area contributed by atoms with E-state index in [0.717, 1.165) is 16.7 Å². The lowest BCUT2D eigenvalue weighted by Gasteiger charge is -2.19. The topological polar surface area (TPSA) is 152 Å². The zero-order chi connectivity index (χ0) is 32.8. The number of nitrogens with one attached hydrogen (secondary N) is 4. The molecule has 4 N–H and O–H groups in total. The molecule has 0 aliphatic heterocycles. The van der Waals surface area contributed by atoms with E-state index in [1.165, 1.54) is 0 Å². The summed E-state index contributed by atoms with van der Waals surface area (Å²) in [5.74, 6) is -5.37. The van der Waals surface area contributed by atoms with Crippen molar-refractivity contribution in [2.75, 3.05) is 13.1 Å². The monoisotopic (exact) mass is 628 g/mol. The van der Waals surface area contributed by atoms with Crippen molar-refractivity contribution < 1.29 is 46.9 Å². The minimum absolute atomic E-state index is 0.0142. The molecule has 0 spiro atoms. The van der Waals surface area contributed by atoms with E-state index in [9.17, 15) is 37.1 Å². The Kier molecular flexibility index (Phi) is 12.5. The second-order valence-corrected chi connectivity index (χ2v) is 9.70. The van der Waals surface area contributed by atoms with Crippen LogP contribution in [0.1, 0.15) is 43.0 Å². The van der Waals surface area contributed by atoms with Crippen molar-refractivity contribution in [2.24, 2.45) is 0 Å². The van der Waals surface area contributed by atoms with E-state index in [-0.39, 0.29) is 19.0 Å². The third kappa shape index (κ3) is 11.7. The number of urea groups is 1. The number of alkyl halides is 3. The zero-order valence-electron chi connectivity index (χ0n) is 24.1. The number of benzene rings is 3. The van der Waals surface area contributed by atoms with Crippen LogP contribution in [0.15, 0.2) is 84.9 Å². The van der Waals surface area contributed by atoms with Crippen molar-refractivity contribution in [1.29, 1.82) is 0 Å². The van der Waals surface area contributed by atoms with E-state index >= 15 is 0 Å². The summed E-state index contributed by atoms with van der Waals surface area (Å²) in [5, 5.41) is 10.2. The Labute approximate surface area is 256 Å². The molecule has 0 aliphatic carbocycles. The summed E-state index contributed by atoms with van der Waals surface area (Å²) in [6.45, 7) is 1.28. The molecule has 0 saturated heterocycles. The van der Waals surface area contributed by atoms with Crippen LogP contribution in [0.2, 0.25) is 0 Å². The summed E-state index contributed by atoms with van der Waals surface area (Å²) in [6.07, 6.45) is -6.21. The van der Waals surface area contributed by atoms with Gasteiger partial charge in [-0.15, -0.1) is 0 Å². The zero-order valence-corrected chi connectivity index (χ0v) is 24.1. The summed E-state index contributed by atoms with van der Waals surface area (Å²) in [5.41, 5.74) is 2.99. The van der Waals surface area contributed by atoms with Crippen LogP contribution >= 0.6 is 0 Å². The average molecular weight is 629 g/mol. The molecule has 11 nitrogen and oxygen atoms in total. The van der Waals surface area contributed by atoms with Crippen LogP contribution in [0.4, 0.5) is 18.0 Å². The third-order valence-corrected chi connectivity index (χ3v) is 6.30. The molecule has 0 radical (unpaired) electrons. The van der Waals surface area contributed by atoms with Gasteiger partial charge in [0, 0.05) is 13.0 Å². The Morgan fingerprint density at radius 1 is 0.711 bits per heavy atom. The first-order valence-electron chi connectivity index (χ1n) is 13.7. The van der Waals surface area contributed by atoms with Gasteiger partial charge in [0.05, 0.1) is 25.0 Å². The maximum atomic E-state index is 12.6. The van der Waals surface area contributed by atoms with E-state index in [2.05, 4.69) is 31.0 Å². The van der Waals surface area contributed by atoms with Crippen molar-refractivity contribution in [3.63, 3.8) is 0 Å². The molecule has 3 aromatic carbocycles. The molecule has 1 unspecified atom stereocenters. The van der Waals surface area contributed by atoms with E-state index in [1.54, 1.807) is 31.2 Å². The smallest absolute Gasteiger partial charge is 0.347 e. The average Bonchev–Trinajstić information content (AvgIpc) is 3.02. The maximum Gasteiger partial charge on any atom is 0.495 e. The van der Waals surface area contributed by atoms with Crippen molar-refractivity contribution in [1.82, 2.24) is 21.3 Å². The normalized spacial score (nSPS) is 12.2. The predicted molar refractivity (Wildman–Crippen MR) is 155 cm³/mol. The number of rotatable bonds is 12. The van der Waals surface area contributed by atoms with Gasteiger partial charge in [0.25, 0.3) is 0 Å². The van der Waals surface area contributed by atoms with E-state index in [1.807, 2.05) is 60.7 Å². The number of halogens is 3. The van der Waals surface area contributed by atoms with E-state index in [4.69, 9.17) is 0 Å². The summed E-state index contributed by atoms with van der Waals surface area (Å²) >= 11 is 0. The highest BCUT2D eigenvalue weighted by Crippen LogP contribution is 2.24. The Balaban J connectivity index is 1.52. The molecule has 0 heterocycles. The standard InChI is InChI=1S/C31H31F3N4O7/c1-20(21-8-4-2-5-9-21)37-30(43)35-17-16-26(39)36-19-27(40)38-25(18-28(41)44-45-29(42)31(32,33)34)24-14-12-23(13-15-24)22-10-6-3-7-11-22/h2-15,20,25H,16-19H2,1H3,(H,36,39)(H,38,40)(H2,35,37,43)/t20-,25?/m0/s1. The Morgan fingerprint density at radius 2 is 1.31 bits per heavy atom. The van der Waals surface area contributed by atoms with Crippen LogP contribution in [0.25, 0.3) is 11.1 Å². The molecule has 238 valence electrons. The minimum Gasteiger partial charge on any atom is -0.347 e. The number of hydrogen-bond acceptors (Lipinski definition) is 7. The molecule has 0 bridgehead atoms. The molecular formula is C31H31F3N4O7. The van der Waals surface area contributed by atoms with Crippen LogP contribution in [0.3, 0.4) is 0 Å². The van der Waals surface area contributed by atoms with Crippen LogP contribution in [-0.4, -0.2) is 49.0 Å².